The van der Waals surface area contributed by atoms with Crippen molar-refractivity contribution in [3.05, 3.63) is 59.0 Å². The second kappa shape index (κ2) is 9.40. The summed E-state index contributed by atoms with van der Waals surface area (Å²) in [6.45, 7) is 3.04. The van der Waals surface area contributed by atoms with Crippen LogP contribution in [-0.4, -0.2) is 43.8 Å². The Kier molecular flexibility index (Phi) is 6.59. The van der Waals surface area contributed by atoms with Gasteiger partial charge in [0.15, 0.2) is 5.13 Å². The van der Waals surface area contributed by atoms with Crippen LogP contribution in [0.2, 0.25) is 0 Å². The van der Waals surface area contributed by atoms with Crippen molar-refractivity contribution >= 4 is 32.4 Å². The van der Waals surface area contributed by atoms with Gasteiger partial charge in [0, 0.05) is 29.1 Å². The number of aromatic nitrogens is 1. The Hall–Kier alpha value is -2.75. The monoisotopic (exact) mass is 471 g/mol. The Morgan fingerprint density at radius 3 is 2.31 bits per heavy atom. The lowest BCUT2D eigenvalue weighted by Crippen LogP contribution is -2.35. The van der Waals surface area contributed by atoms with Crippen LogP contribution in [0.4, 0.5) is 5.13 Å². The van der Waals surface area contributed by atoms with Gasteiger partial charge in [-0.25, -0.2) is 13.4 Å². The Balaban J connectivity index is 1.47. The van der Waals surface area contributed by atoms with Crippen molar-refractivity contribution in [1.29, 1.82) is 0 Å². The number of thiazole rings is 1. The van der Waals surface area contributed by atoms with Gasteiger partial charge < -0.3 is 4.74 Å². The van der Waals surface area contributed by atoms with Gasteiger partial charge in [-0.1, -0.05) is 6.42 Å². The molecule has 1 saturated heterocycles. The van der Waals surface area contributed by atoms with Crippen molar-refractivity contribution in [3.63, 3.8) is 0 Å². The lowest BCUT2D eigenvalue weighted by molar-refractivity contribution is 0.102. The number of aryl methyl sites for hydroxylation is 1. The van der Waals surface area contributed by atoms with Gasteiger partial charge >= 0.3 is 0 Å². The zero-order chi connectivity index (χ0) is 22.7. The van der Waals surface area contributed by atoms with Crippen molar-refractivity contribution < 1.29 is 17.9 Å². The number of ether oxygens (including phenoxy) is 1. The number of carbonyl (C=O) groups excluding carboxylic acids is 1. The maximum atomic E-state index is 12.8. The number of rotatable bonds is 6. The van der Waals surface area contributed by atoms with Crippen LogP contribution in [-0.2, 0) is 10.0 Å². The van der Waals surface area contributed by atoms with E-state index in [4.69, 9.17) is 4.74 Å². The lowest BCUT2D eigenvalue weighted by Gasteiger charge is -2.25. The summed E-state index contributed by atoms with van der Waals surface area (Å²) >= 11 is 1.39. The average Bonchev–Trinajstić information content (AvgIpc) is 3.19. The second-order valence-corrected chi connectivity index (χ2v) is 10.7. The van der Waals surface area contributed by atoms with E-state index in [0.717, 1.165) is 41.1 Å². The number of amides is 1. The van der Waals surface area contributed by atoms with Crippen molar-refractivity contribution in [1.82, 2.24) is 9.29 Å². The Morgan fingerprint density at radius 2 is 1.69 bits per heavy atom. The molecule has 1 fully saturated rings. The van der Waals surface area contributed by atoms with E-state index in [0.29, 0.717) is 23.8 Å². The molecular weight excluding hydrogens is 446 g/mol. The van der Waals surface area contributed by atoms with E-state index in [-0.39, 0.29) is 10.8 Å². The predicted octanol–water partition coefficient (Wildman–Crippen LogP) is 4.55. The highest BCUT2D eigenvalue weighted by atomic mass is 32.2. The Morgan fingerprint density at radius 1 is 1.03 bits per heavy atom. The molecule has 1 aliphatic heterocycles. The van der Waals surface area contributed by atoms with E-state index in [1.54, 1.807) is 7.11 Å². The molecular formula is C23H25N3O4S2. The quantitative estimate of drug-likeness (QED) is 0.570. The standard InChI is InChI=1S/C23H25N3O4S2/c1-16-21(17-6-10-19(30-2)11-7-17)24-23(31-16)25-22(27)18-8-12-20(13-9-18)32(28,29)26-14-4-3-5-15-26/h6-13H,3-5,14-15H2,1-2H3,(H,24,25,27). The molecule has 0 saturated carbocycles. The van der Waals surface area contributed by atoms with Gasteiger partial charge in [0.2, 0.25) is 10.0 Å². The molecule has 0 spiro atoms. The van der Waals surface area contributed by atoms with Crippen LogP contribution < -0.4 is 10.1 Å². The predicted molar refractivity (Wildman–Crippen MR) is 126 cm³/mol. The number of piperidine rings is 1. The second-order valence-electron chi connectivity index (χ2n) is 7.60. The molecule has 0 aliphatic carbocycles. The van der Waals surface area contributed by atoms with Crippen LogP contribution >= 0.6 is 11.3 Å². The number of sulfonamides is 1. The highest BCUT2D eigenvalue weighted by Gasteiger charge is 2.26. The van der Waals surface area contributed by atoms with E-state index in [2.05, 4.69) is 10.3 Å². The van der Waals surface area contributed by atoms with Crippen LogP contribution in [0.15, 0.2) is 53.4 Å². The fourth-order valence-electron chi connectivity index (χ4n) is 3.67. The maximum absolute atomic E-state index is 12.8. The molecule has 0 unspecified atom stereocenters. The molecule has 0 atom stereocenters. The third kappa shape index (κ3) is 4.69. The molecule has 7 nitrogen and oxygen atoms in total. The summed E-state index contributed by atoms with van der Waals surface area (Å²) in [7, 11) is -1.90. The smallest absolute Gasteiger partial charge is 0.257 e. The van der Waals surface area contributed by atoms with Gasteiger partial charge in [-0.3, -0.25) is 10.1 Å². The molecule has 2 heterocycles. The molecule has 9 heteroatoms. The third-order valence-corrected chi connectivity index (χ3v) is 8.25. The van der Waals surface area contributed by atoms with Crippen LogP contribution in [0.25, 0.3) is 11.3 Å². The van der Waals surface area contributed by atoms with Crippen LogP contribution in [0.1, 0.15) is 34.5 Å². The summed E-state index contributed by atoms with van der Waals surface area (Å²) in [6.07, 6.45) is 2.82. The molecule has 32 heavy (non-hydrogen) atoms. The number of benzene rings is 2. The first-order valence-electron chi connectivity index (χ1n) is 10.4. The zero-order valence-corrected chi connectivity index (χ0v) is 19.6. The molecule has 1 N–H and O–H groups in total. The number of nitrogens with zero attached hydrogens (tertiary/aromatic N) is 2. The Labute approximate surface area is 192 Å². The van der Waals surface area contributed by atoms with Gasteiger partial charge in [0.1, 0.15) is 5.75 Å². The lowest BCUT2D eigenvalue weighted by atomic mass is 10.1. The van der Waals surface area contributed by atoms with Gasteiger partial charge in [0.05, 0.1) is 17.7 Å². The molecule has 168 valence electrons. The van der Waals surface area contributed by atoms with Crippen molar-refractivity contribution in [2.75, 3.05) is 25.5 Å². The first kappa shape index (κ1) is 22.4. The fraction of sp³-hybridized carbons (Fsp3) is 0.304. The number of hydrogen-bond donors (Lipinski definition) is 1. The molecule has 0 bridgehead atoms. The van der Waals surface area contributed by atoms with Crippen molar-refractivity contribution in [2.24, 2.45) is 0 Å². The maximum Gasteiger partial charge on any atom is 0.257 e. The van der Waals surface area contributed by atoms with Crippen LogP contribution in [0.3, 0.4) is 0 Å². The highest BCUT2D eigenvalue weighted by molar-refractivity contribution is 7.89. The average molecular weight is 472 g/mol. The first-order chi connectivity index (χ1) is 15.4. The highest BCUT2D eigenvalue weighted by Crippen LogP contribution is 2.31. The van der Waals surface area contributed by atoms with E-state index in [1.165, 1.54) is 39.9 Å². The normalized spacial score (nSPS) is 14.8. The number of hydrogen-bond acceptors (Lipinski definition) is 6. The summed E-state index contributed by atoms with van der Waals surface area (Å²) in [6, 6.07) is 13.7. The number of anilines is 1. The summed E-state index contributed by atoms with van der Waals surface area (Å²) in [5.74, 6) is 0.433. The Bertz CT molecular complexity index is 1200. The number of carbonyl (C=O) groups is 1. The minimum Gasteiger partial charge on any atom is -0.497 e. The van der Waals surface area contributed by atoms with Gasteiger partial charge in [-0.05, 0) is 68.3 Å². The third-order valence-electron chi connectivity index (χ3n) is 5.45. The topological polar surface area (TPSA) is 88.6 Å². The molecule has 4 rings (SSSR count). The fourth-order valence-corrected chi connectivity index (χ4v) is 6.02. The van der Waals surface area contributed by atoms with Gasteiger partial charge in [-0.15, -0.1) is 11.3 Å². The molecule has 1 amide bonds. The first-order valence-corrected chi connectivity index (χ1v) is 12.7. The molecule has 1 aliphatic rings. The minimum absolute atomic E-state index is 0.211. The molecule has 2 aromatic carbocycles. The van der Waals surface area contributed by atoms with Crippen LogP contribution in [0, 0.1) is 6.92 Å². The number of methoxy groups -OCH3 is 1. The van der Waals surface area contributed by atoms with Gasteiger partial charge in [-0.2, -0.15) is 4.31 Å². The van der Waals surface area contributed by atoms with E-state index < -0.39 is 10.0 Å². The number of nitrogens with one attached hydrogen (secondary N) is 1. The van der Waals surface area contributed by atoms with Crippen molar-refractivity contribution in [3.8, 4) is 17.0 Å². The summed E-state index contributed by atoms with van der Waals surface area (Å²) in [5.41, 5.74) is 2.12. The molecule has 1 aromatic heterocycles. The summed E-state index contributed by atoms with van der Waals surface area (Å²) in [5, 5.41) is 3.31. The SMILES string of the molecule is COc1ccc(-c2nc(NC(=O)c3ccc(S(=O)(=O)N4CCCCC4)cc3)sc2C)cc1. The minimum atomic E-state index is -3.52. The largest absolute Gasteiger partial charge is 0.497 e. The van der Waals surface area contributed by atoms with Crippen LogP contribution in [0.5, 0.6) is 5.75 Å². The zero-order valence-electron chi connectivity index (χ0n) is 18.0. The van der Waals surface area contributed by atoms with E-state index >= 15 is 0 Å². The van der Waals surface area contributed by atoms with Gasteiger partial charge in [0.25, 0.3) is 5.91 Å². The summed E-state index contributed by atoms with van der Waals surface area (Å²) < 4.78 is 32.3. The van der Waals surface area contributed by atoms with E-state index in [9.17, 15) is 13.2 Å². The molecule has 3 aromatic rings. The van der Waals surface area contributed by atoms with E-state index in [1.807, 2.05) is 31.2 Å². The van der Waals surface area contributed by atoms with Crippen molar-refractivity contribution in [2.45, 2.75) is 31.1 Å². The molecule has 0 radical (unpaired) electrons. The summed E-state index contributed by atoms with van der Waals surface area (Å²) in [4.78, 5) is 18.4.